The summed E-state index contributed by atoms with van der Waals surface area (Å²) >= 11 is 12.3. The Morgan fingerprint density at radius 1 is 1.00 bits per heavy atom. The second-order valence-corrected chi connectivity index (χ2v) is 6.98. The Kier molecular flexibility index (Phi) is 5.69. The van der Waals surface area contributed by atoms with Crippen LogP contribution in [0, 0.1) is 5.92 Å². The largest absolute Gasteiger partial charge is 0.481 e. The predicted molar refractivity (Wildman–Crippen MR) is 99.2 cm³/mol. The fourth-order valence-electron chi connectivity index (χ4n) is 3.05. The molecule has 1 saturated carbocycles. The van der Waals surface area contributed by atoms with Gasteiger partial charge in [-0.3, -0.25) is 9.59 Å². The lowest BCUT2D eigenvalue weighted by Crippen LogP contribution is -2.33. The summed E-state index contributed by atoms with van der Waals surface area (Å²) in [6.45, 7) is 0. The zero-order valence-electron chi connectivity index (χ0n) is 13.7. The number of carbonyl (C=O) groups is 2. The van der Waals surface area contributed by atoms with Crippen molar-refractivity contribution in [2.45, 2.75) is 25.3 Å². The van der Waals surface area contributed by atoms with E-state index in [1.165, 1.54) is 0 Å². The number of rotatable bonds is 5. The number of carboxylic acids is 1. The molecule has 0 heterocycles. The van der Waals surface area contributed by atoms with E-state index >= 15 is 0 Å². The number of aliphatic carboxylic acids is 1. The molecule has 1 fully saturated rings. The van der Waals surface area contributed by atoms with Gasteiger partial charge in [0.1, 0.15) is 17.1 Å². The second kappa shape index (κ2) is 7.98. The Balaban J connectivity index is 1.80. The van der Waals surface area contributed by atoms with Gasteiger partial charge in [0.2, 0.25) is 0 Å². The first-order valence-corrected chi connectivity index (χ1v) is 8.96. The van der Waals surface area contributed by atoms with Crippen LogP contribution >= 0.6 is 23.2 Å². The van der Waals surface area contributed by atoms with Crippen molar-refractivity contribution in [2.24, 2.45) is 5.92 Å². The molecule has 3 rings (SSSR count). The molecule has 1 amide bonds. The zero-order valence-corrected chi connectivity index (χ0v) is 15.3. The van der Waals surface area contributed by atoms with Gasteiger partial charge < -0.3 is 15.2 Å². The Bertz CT molecular complexity index is 840. The van der Waals surface area contributed by atoms with Crippen molar-refractivity contribution in [2.75, 3.05) is 0 Å². The summed E-state index contributed by atoms with van der Waals surface area (Å²) in [6.07, 6.45) is 1.58. The van der Waals surface area contributed by atoms with Crippen LogP contribution in [0.4, 0.5) is 0 Å². The number of nitrogens with one attached hydrogen (secondary N) is 1. The first kappa shape index (κ1) is 18.5. The predicted octanol–water partition coefficient (Wildman–Crippen LogP) is 4.77. The standard InChI is InChI=1S/C19H17Cl2NO4/c20-13-4-1-2-6-15(13)26-16-7-3-5-14(21)17(16)18(23)22-12-9-8-11(10-12)19(24)25/h1-7,11-12H,8-10H2,(H,22,23)(H,24,25)/t11-,12+/m1/s1. The summed E-state index contributed by atoms with van der Waals surface area (Å²) in [5.74, 6) is -0.950. The van der Waals surface area contributed by atoms with Crippen molar-refractivity contribution in [1.29, 1.82) is 0 Å². The highest BCUT2D eigenvalue weighted by atomic mass is 35.5. The van der Waals surface area contributed by atoms with Crippen molar-refractivity contribution in [3.8, 4) is 11.5 Å². The molecule has 0 saturated heterocycles. The average Bonchev–Trinajstić information content (AvgIpc) is 3.06. The van der Waals surface area contributed by atoms with Crippen LogP contribution in [0.5, 0.6) is 11.5 Å². The molecule has 0 spiro atoms. The van der Waals surface area contributed by atoms with E-state index in [9.17, 15) is 9.59 Å². The third-order valence-electron chi connectivity index (χ3n) is 4.38. The van der Waals surface area contributed by atoms with Crippen molar-refractivity contribution >= 4 is 35.1 Å². The van der Waals surface area contributed by atoms with Crippen LogP contribution in [-0.4, -0.2) is 23.0 Å². The molecule has 5 nitrogen and oxygen atoms in total. The van der Waals surface area contributed by atoms with Crippen LogP contribution in [0.3, 0.4) is 0 Å². The number of carboxylic acid groups (broad SMARTS) is 1. The van der Waals surface area contributed by atoms with Crippen LogP contribution in [0.15, 0.2) is 42.5 Å². The van der Waals surface area contributed by atoms with Crippen molar-refractivity contribution in [3.63, 3.8) is 0 Å². The fourth-order valence-corrected chi connectivity index (χ4v) is 3.48. The van der Waals surface area contributed by atoms with Crippen LogP contribution in [-0.2, 0) is 4.79 Å². The lowest BCUT2D eigenvalue weighted by Gasteiger charge is -2.16. The normalized spacial score (nSPS) is 19.2. The molecule has 0 bridgehead atoms. The highest BCUT2D eigenvalue weighted by Crippen LogP contribution is 2.34. The van der Waals surface area contributed by atoms with E-state index < -0.39 is 17.8 Å². The van der Waals surface area contributed by atoms with Crippen LogP contribution in [0.1, 0.15) is 29.6 Å². The Hall–Kier alpha value is -2.24. The molecule has 2 aromatic carbocycles. The van der Waals surface area contributed by atoms with Crippen molar-refractivity contribution in [3.05, 3.63) is 58.1 Å². The molecule has 1 aliphatic carbocycles. The molecule has 2 atom stereocenters. The summed E-state index contributed by atoms with van der Waals surface area (Å²) in [5.41, 5.74) is 0.202. The number of carbonyl (C=O) groups excluding carboxylic acids is 1. The van der Waals surface area contributed by atoms with Gasteiger partial charge in [-0.1, -0.05) is 41.4 Å². The second-order valence-electron chi connectivity index (χ2n) is 6.16. The van der Waals surface area contributed by atoms with Gasteiger partial charge in [0, 0.05) is 6.04 Å². The molecule has 2 aromatic rings. The number of benzene rings is 2. The van der Waals surface area contributed by atoms with E-state index in [4.69, 9.17) is 33.0 Å². The fraction of sp³-hybridized carbons (Fsp3) is 0.263. The zero-order chi connectivity index (χ0) is 18.7. The SMILES string of the molecule is O=C(N[C@H]1CC[C@@H](C(=O)O)C1)c1c(Cl)cccc1Oc1ccccc1Cl. The van der Waals surface area contributed by atoms with E-state index in [2.05, 4.69) is 5.32 Å². The lowest BCUT2D eigenvalue weighted by molar-refractivity contribution is -0.141. The highest BCUT2D eigenvalue weighted by Gasteiger charge is 2.31. The maximum absolute atomic E-state index is 12.7. The van der Waals surface area contributed by atoms with E-state index in [0.717, 1.165) is 0 Å². The molecule has 1 aliphatic rings. The molecule has 2 N–H and O–H groups in total. The monoisotopic (exact) mass is 393 g/mol. The first-order valence-electron chi connectivity index (χ1n) is 8.20. The molecule has 26 heavy (non-hydrogen) atoms. The van der Waals surface area contributed by atoms with Gasteiger partial charge in [0.15, 0.2) is 0 Å². The minimum absolute atomic E-state index is 0.201. The lowest BCUT2D eigenvalue weighted by atomic mass is 10.1. The molecule has 136 valence electrons. The van der Waals surface area contributed by atoms with Crippen LogP contribution < -0.4 is 10.1 Å². The van der Waals surface area contributed by atoms with E-state index in [1.807, 2.05) is 0 Å². The maximum atomic E-state index is 12.7. The Morgan fingerprint density at radius 3 is 2.38 bits per heavy atom. The molecular formula is C19H17Cl2NO4. The van der Waals surface area contributed by atoms with Gasteiger partial charge in [-0.05, 0) is 43.5 Å². The third-order valence-corrected chi connectivity index (χ3v) is 5.00. The number of hydrogen-bond donors (Lipinski definition) is 2. The summed E-state index contributed by atoms with van der Waals surface area (Å²) < 4.78 is 5.79. The summed E-state index contributed by atoms with van der Waals surface area (Å²) in [7, 11) is 0. The van der Waals surface area contributed by atoms with E-state index in [0.29, 0.717) is 30.0 Å². The number of amides is 1. The highest BCUT2D eigenvalue weighted by molar-refractivity contribution is 6.34. The summed E-state index contributed by atoms with van der Waals surface area (Å²) in [4.78, 5) is 23.8. The molecule has 0 unspecified atom stereocenters. The minimum Gasteiger partial charge on any atom is -0.481 e. The van der Waals surface area contributed by atoms with Gasteiger partial charge in [-0.2, -0.15) is 0 Å². The average molecular weight is 394 g/mol. The molecule has 0 aromatic heterocycles. The first-order chi connectivity index (χ1) is 12.5. The number of hydrogen-bond acceptors (Lipinski definition) is 3. The van der Waals surface area contributed by atoms with Gasteiger partial charge >= 0.3 is 5.97 Å². The molecule has 0 radical (unpaired) electrons. The van der Waals surface area contributed by atoms with Crippen LogP contribution in [0.2, 0.25) is 10.0 Å². The summed E-state index contributed by atoms with van der Waals surface area (Å²) in [6, 6.07) is 11.7. The van der Waals surface area contributed by atoms with Crippen molar-refractivity contribution < 1.29 is 19.4 Å². The Labute approximate surface area is 160 Å². The molecule has 7 heteroatoms. The summed E-state index contributed by atoms with van der Waals surface area (Å²) in [5, 5.41) is 12.6. The number of para-hydroxylation sites is 1. The van der Waals surface area contributed by atoms with Gasteiger partial charge in [-0.25, -0.2) is 0 Å². The topological polar surface area (TPSA) is 75.6 Å². The van der Waals surface area contributed by atoms with E-state index in [1.54, 1.807) is 42.5 Å². The smallest absolute Gasteiger partial charge is 0.306 e. The quantitative estimate of drug-likeness (QED) is 0.766. The number of halogens is 2. The van der Waals surface area contributed by atoms with Gasteiger partial charge in [0.05, 0.1) is 16.0 Å². The minimum atomic E-state index is -0.831. The van der Waals surface area contributed by atoms with Crippen LogP contribution in [0.25, 0.3) is 0 Å². The Morgan fingerprint density at radius 2 is 1.69 bits per heavy atom. The maximum Gasteiger partial charge on any atom is 0.306 e. The van der Waals surface area contributed by atoms with Gasteiger partial charge in [-0.15, -0.1) is 0 Å². The van der Waals surface area contributed by atoms with Gasteiger partial charge in [0.25, 0.3) is 5.91 Å². The third kappa shape index (κ3) is 4.11. The molecule has 0 aliphatic heterocycles. The van der Waals surface area contributed by atoms with E-state index in [-0.39, 0.29) is 22.4 Å². The number of ether oxygens (including phenoxy) is 1. The molecular weight excluding hydrogens is 377 g/mol. The van der Waals surface area contributed by atoms with Crippen molar-refractivity contribution in [1.82, 2.24) is 5.32 Å².